The van der Waals surface area contributed by atoms with Gasteiger partial charge in [0.2, 0.25) is 0 Å². The number of benzene rings is 1. The average Bonchev–Trinajstić information content (AvgIpc) is 2.42. The van der Waals surface area contributed by atoms with E-state index >= 15 is 0 Å². The van der Waals surface area contributed by atoms with Crippen molar-refractivity contribution in [1.29, 1.82) is 0 Å². The second-order valence-electron chi connectivity index (χ2n) is 2.77. The zero-order chi connectivity index (χ0) is 9.42. The highest BCUT2D eigenvalue weighted by Crippen LogP contribution is 2.25. The Morgan fingerprint density at radius 1 is 1.54 bits per heavy atom. The van der Waals surface area contributed by atoms with Crippen LogP contribution >= 0.6 is 27.5 Å². The van der Waals surface area contributed by atoms with Crippen LogP contribution in [0.2, 0.25) is 5.02 Å². The van der Waals surface area contributed by atoms with Crippen molar-refractivity contribution >= 4 is 38.4 Å². The van der Waals surface area contributed by atoms with Crippen LogP contribution in [0.5, 0.6) is 0 Å². The highest BCUT2D eigenvalue weighted by atomic mass is 79.9. The molecule has 0 N–H and O–H groups in total. The van der Waals surface area contributed by atoms with Gasteiger partial charge in [0.1, 0.15) is 4.60 Å². The molecule has 0 aliphatic rings. The Morgan fingerprint density at radius 3 is 3.00 bits per heavy atom. The summed E-state index contributed by atoms with van der Waals surface area (Å²) in [6.45, 7) is 2.91. The Balaban J connectivity index is 2.76. The lowest BCUT2D eigenvalue weighted by atomic mass is 10.3. The highest BCUT2D eigenvalue weighted by molar-refractivity contribution is 9.10. The molecule has 0 spiro atoms. The summed E-state index contributed by atoms with van der Waals surface area (Å²) in [6, 6.07) is 5.71. The minimum atomic E-state index is 0.723. The predicted octanol–water partition coefficient (Wildman–Crippen LogP) is 3.47. The lowest BCUT2D eigenvalue weighted by molar-refractivity contribution is 0.653. The van der Waals surface area contributed by atoms with Crippen LogP contribution in [0.15, 0.2) is 22.8 Å². The molecule has 0 bridgehead atoms. The second kappa shape index (κ2) is 3.31. The van der Waals surface area contributed by atoms with E-state index in [0.717, 1.165) is 27.1 Å². The van der Waals surface area contributed by atoms with E-state index in [1.54, 1.807) is 0 Å². The molecule has 0 radical (unpaired) electrons. The molecule has 2 rings (SSSR count). The molecular formula is C9H8BrClN2. The third-order valence-corrected chi connectivity index (χ3v) is 3.01. The molecule has 0 aliphatic heterocycles. The number of rotatable bonds is 1. The Bertz CT molecular complexity index is 450. The van der Waals surface area contributed by atoms with Crippen LogP contribution in [0, 0.1) is 0 Å². The molecule has 2 nitrogen and oxygen atoms in total. The molecule has 68 valence electrons. The summed E-state index contributed by atoms with van der Waals surface area (Å²) in [7, 11) is 0. The quantitative estimate of drug-likeness (QED) is 0.767. The first-order valence-electron chi connectivity index (χ1n) is 4.04. The van der Waals surface area contributed by atoms with Crippen molar-refractivity contribution in [3.8, 4) is 0 Å². The maximum Gasteiger partial charge on any atom is 0.111 e. The molecule has 2 aromatic rings. The molecule has 1 aromatic heterocycles. The van der Waals surface area contributed by atoms with Crippen molar-refractivity contribution in [3.05, 3.63) is 27.8 Å². The van der Waals surface area contributed by atoms with Crippen molar-refractivity contribution in [1.82, 2.24) is 9.78 Å². The number of aryl methyl sites for hydroxylation is 1. The van der Waals surface area contributed by atoms with Crippen LogP contribution in [0.25, 0.3) is 10.9 Å². The lowest BCUT2D eigenvalue weighted by Gasteiger charge is -1.94. The molecule has 13 heavy (non-hydrogen) atoms. The van der Waals surface area contributed by atoms with Crippen LogP contribution in [0.1, 0.15) is 6.92 Å². The van der Waals surface area contributed by atoms with E-state index in [1.165, 1.54) is 0 Å². The average molecular weight is 260 g/mol. The maximum atomic E-state index is 5.86. The Kier molecular flexibility index (Phi) is 2.30. The Hall–Kier alpha value is -0.540. The third kappa shape index (κ3) is 1.46. The summed E-state index contributed by atoms with van der Waals surface area (Å²) in [4.78, 5) is 0. The van der Waals surface area contributed by atoms with Crippen LogP contribution in [0.4, 0.5) is 0 Å². The summed E-state index contributed by atoms with van der Waals surface area (Å²) >= 11 is 9.35. The lowest BCUT2D eigenvalue weighted by Crippen LogP contribution is -1.95. The topological polar surface area (TPSA) is 17.8 Å². The fourth-order valence-corrected chi connectivity index (χ4v) is 2.12. The molecule has 0 atom stereocenters. The van der Waals surface area contributed by atoms with E-state index in [9.17, 15) is 0 Å². The standard InChI is InChI=1S/C9H8BrClN2/c1-2-13-9(10)7-4-3-6(11)5-8(7)12-13/h3-5H,2H2,1H3. The van der Waals surface area contributed by atoms with Crippen LogP contribution in [-0.4, -0.2) is 9.78 Å². The van der Waals surface area contributed by atoms with Crippen LogP contribution < -0.4 is 0 Å². The largest absolute Gasteiger partial charge is 0.258 e. The molecule has 1 heterocycles. The normalized spacial score (nSPS) is 11.0. The third-order valence-electron chi connectivity index (χ3n) is 1.94. The molecule has 0 saturated carbocycles. The van der Waals surface area contributed by atoms with Gasteiger partial charge in [0.05, 0.1) is 5.52 Å². The second-order valence-corrected chi connectivity index (χ2v) is 3.96. The Labute approximate surface area is 89.6 Å². The van der Waals surface area contributed by atoms with Gasteiger partial charge in [-0.15, -0.1) is 0 Å². The molecule has 0 fully saturated rings. The van der Waals surface area contributed by atoms with Gasteiger partial charge >= 0.3 is 0 Å². The molecule has 0 unspecified atom stereocenters. The molecule has 4 heteroatoms. The van der Waals surface area contributed by atoms with Gasteiger partial charge in [-0.05, 0) is 41.1 Å². The molecule has 0 saturated heterocycles. The van der Waals surface area contributed by atoms with Crippen molar-refractivity contribution in [2.45, 2.75) is 13.5 Å². The number of aromatic nitrogens is 2. The van der Waals surface area contributed by atoms with E-state index in [0.29, 0.717) is 0 Å². The number of hydrogen-bond acceptors (Lipinski definition) is 1. The van der Waals surface area contributed by atoms with E-state index in [2.05, 4.69) is 28.0 Å². The summed E-state index contributed by atoms with van der Waals surface area (Å²) in [5, 5.41) is 6.20. The van der Waals surface area contributed by atoms with Gasteiger partial charge in [-0.1, -0.05) is 11.6 Å². The van der Waals surface area contributed by atoms with Gasteiger partial charge < -0.3 is 0 Å². The first-order valence-corrected chi connectivity index (χ1v) is 5.21. The number of hydrogen-bond donors (Lipinski definition) is 0. The highest BCUT2D eigenvalue weighted by Gasteiger charge is 2.06. The molecule has 0 aliphatic carbocycles. The first-order chi connectivity index (χ1) is 6.22. The van der Waals surface area contributed by atoms with Gasteiger partial charge in [-0.2, -0.15) is 5.10 Å². The minimum Gasteiger partial charge on any atom is -0.258 e. The first kappa shape index (κ1) is 9.03. The van der Waals surface area contributed by atoms with Crippen LogP contribution in [0.3, 0.4) is 0 Å². The number of halogens is 2. The number of nitrogens with zero attached hydrogens (tertiary/aromatic N) is 2. The fraction of sp³-hybridized carbons (Fsp3) is 0.222. The van der Waals surface area contributed by atoms with E-state index < -0.39 is 0 Å². The molecule has 1 aromatic carbocycles. The minimum absolute atomic E-state index is 0.723. The van der Waals surface area contributed by atoms with Crippen molar-refractivity contribution in [2.75, 3.05) is 0 Å². The van der Waals surface area contributed by atoms with Gasteiger partial charge in [0.25, 0.3) is 0 Å². The fourth-order valence-electron chi connectivity index (χ4n) is 1.28. The molecule has 0 amide bonds. The monoisotopic (exact) mass is 258 g/mol. The Morgan fingerprint density at radius 2 is 2.31 bits per heavy atom. The molecular weight excluding hydrogens is 251 g/mol. The van der Waals surface area contributed by atoms with E-state index in [-0.39, 0.29) is 0 Å². The zero-order valence-corrected chi connectivity index (χ0v) is 9.43. The summed E-state index contributed by atoms with van der Waals surface area (Å²) in [5.74, 6) is 0. The van der Waals surface area contributed by atoms with Gasteiger partial charge in [0.15, 0.2) is 0 Å². The van der Waals surface area contributed by atoms with E-state index in [1.807, 2.05) is 22.9 Å². The van der Waals surface area contributed by atoms with Crippen molar-refractivity contribution < 1.29 is 0 Å². The summed E-state index contributed by atoms with van der Waals surface area (Å²) in [6.07, 6.45) is 0. The van der Waals surface area contributed by atoms with Gasteiger partial charge in [-0.3, -0.25) is 4.68 Å². The maximum absolute atomic E-state index is 5.86. The number of fused-ring (bicyclic) bond motifs is 1. The van der Waals surface area contributed by atoms with Gasteiger partial charge in [-0.25, -0.2) is 0 Å². The van der Waals surface area contributed by atoms with Crippen molar-refractivity contribution in [3.63, 3.8) is 0 Å². The zero-order valence-electron chi connectivity index (χ0n) is 7.09. The van der Waals surface area contributed by atoms with Crippen LogP contribution in [-0.2, 0) is 6.54 Å². The summed E-state index contributed by atoms with van der Waals surface area (Å²) in [5.41, 5.74) is 0.932. The van der Waals surface area contributed by atoms with Gasteiger partial charge in [0, 0.05) is 17.0 Å². The van der Waals surface area contributed by atoms with E-state index in [4.69, 9.17) is 11.6 Å². The SMILES string of the molecule is CCn1nc2cc(Cl)ccc2c1Br. The van der Waals surface area contributed by atoms with Crippen molar-refractivity contribution in [2.24, 2.45) is 0 Å². The summed E-state index contributed by atoms with van der Waals surface area (Å²) < 4.78 is 2.92. The smallest absolute Gasteiger partial charge is 0.111 e. The predicted molar refractivity (Wildman–Crippen MR) is 58.1 cm³/mol.